The minimum Gasteiger partial charge on any atom is -0.329 e. The molecule has 1 aromatic rings. The first-order valence-corrected chi connectivity index (χ1v) is 2.23. The maximum Gasteiger partial charge on any atom is 0.247 e. The molecule has 0 atom stereocenters. The summed E-state index contributed by atoms with van der Waals surface area (Å²) in [4.78, 5) is 12.7. The molecule has 0 saturated heterocycles. The van der Waals surface area contributed by atoms with E-state index in [4.69, 9.17) is 6.92 Å². The summed E-state index contributed by atoms with van der Waals surface area (Å²) in [5.41, 5.74) is 0.448. The van der Waals surface area contributed by atoms with Crippen LogP contribution >= 0.6 is 0 Å². The van der Waals surface area contributed by atoms with Crippen molar-refractivity contribution < 1.29 is 0 Å². The van der Waals surface area contributed by atoms with E-state index >= 15 is 0 Å². The van der Waals surface area contributed by atoms with Gasteiger partial charge in [-0.2, -0.15) is 0 Å². The van der Waals surface area contributed by atoms with Gasteiger partial charge in [0.1, 0.15) is 0 Å². The third-order valence-corrected chi connectivity index (χ3v) is 0.808. The second-order valence-electron chi connectivity index (χ2n) is 1.49. The van der Waals surface area contributed by atoms with Gasteiger partial charge in [0.25, 0.3) is 0 Å². The fourth-order valence-electron chi connectivity index (χ4n) is 0.423. The molecule has 1 rings (SSSR count). The first kappa shape index (κ1) is 5.09. The van der Waals surface area contributed by atoms with Gasteiger partial charge in [-0.05, 0) is 5.56 Å². The van der Waals surface area contributed by atoms with E-state index in [1.165, 1.54) is 12.3 Å². The van der Waals surface area contributed by atoms with Crippen molar-refractivity contribution in [2.75, 3.05) is 0 Å². The van der Waals surface area contributed by atoms with Crippen LogP contribution in [0, 0.1) is 6.92 Å². The van der Waals surface area contributed by atoms with Crippen molar-refractivity contribution in [3.63, 3.8) is 0 Å². The highest BCUT2D eigenvalue weighted by Gasteiger charge is 1.79. The fourth-order valence-corrected chi connectivity index (χ4v) is 0.423. The first-order chi connectivity index (χ1) is 3.79. The standard InChI is InChI=1S/C6H5NO/c1-5-2-3-6(8)7-4-5/h1-4H,(H,7,8). The molecule has 0 aliphatic heterocycles. The maximum atomic E-state index is 10.3. The van der Waals surface area contributed by atoms with Crippen LogP contribution in [0.25, 0.3) is 0 Å². The van der Waals surface area contributed by atoms with Crippen LogP contribution in [0.2, 0.25) is 0 Å². The summed E-state index contributed by atoms with van der Waals surface area (Å²) < 4.78 is 0. The monoisotopic (exact) mass is 107 g/mol. The highest BCUT2D eigenvalue weighted by Crippen LogP contribution is 1.84. The molecule has 0 bridgehead atoms. The van der Waals surface area contributed by atoms with E-state index in [1.54, 1.807) is 6.07 Å². The molecule has 0 spiro atoms. The number of hydrogen-bond acceptors (Lipinski definition) is 1. The lowest BCUT2D eigenvalue weighted by Crippen LogP contribution is -2.00. The second-order valence-corrected chi connectivity index (χ2v) is 1.49. The number of pyridine rings is 1. The molecule has 40 valence electrons. The van der Waals surface area contributed by atoms with Crippen molar-refractivity contribution in [3.8, 4) is 0 Å². The van der Waals surface area contributed by atoms with Crippen molar-refractivity contribution in [2.45, 2.75) is 0 Å². The van der Waals surface area contributed by atoms with E-state index in [0.29, 0.717) is 5.56 Å². The molecule has 2 heteroatoms. The summed E-state index contributed by atoms with van der Waals surface area (Å²) in [6, 6.07) is 2.94. The normalized spacial score (nSPS) is 9.12. The lowest BCUT2D eigenvalue weighted by Gasteiger charge is -1.83. The summed E-state index contributed by atoms with van der Waals surface area (Å²) in [7, 11) is 0. The number of H-pyrrole nitrogens is 1. The highest BCUT2D eigenvalue weighted by atomic mass is 16.1. The number of aromatic nitrogens is 1. The van der Waals surface area contributed by atoms with Gasteiger partial charge in [-0.25, -0.2) is 0 Å². The Morgan fingerprint density at radius 1 is 1.50 bits per heavy atom. The Morgan fingerprint density at radius 2 is 2.25 bits per heavy atom. The summed E-state index contributed by atoms with van der Waals surface area (Å²) in [5.74, 6) is 0. The average Bonchev–Trinajstić information content (AvgIpc) is 1.77. The minimum atomic E-state index is -0.126. The smallest absolute Gasteiger partial charge is 0.247 e. The lowest BCUT2D eigenvalue weighted by atomic mass is 10.3. The van der Waals surface area contributed by atoms with Gasteiger partial charge in [0.05, 0.1) is 0 Å². The zero-order valence-corrected chi connectivity index (χ0v) is 4.22. The van der Waals surface area contributed by atoms with Crippen molar-refractivity contribution in [2.24, 2.45) is 0 Å². The van der Waals surface area contributed by atoms with Crippen LogP contribution < -0.4 is 5.56 Å². The molecule has 0 aliphatic rings. The van der Waals surface area contributed by atoms with E-state index in [2.05, 4.69) is 4.98 Å². The molecule has 2 radical (unpaired) electrons. The van der Waals surface area contributed by atoms with Crippen LogP contribution in [-0.2, 0) is 0 Å². The molecule has 0 aromatic carbocycles. The van der Waals surface area contributed by atoms with Gasteiger partial charge in [0.15, 0.2) is 0 Å². The number of rotatable bonds is 0. The van der Waals surface area contributed by atoms with Crippen molar-refractivity contribution in [1.29, 1.82) is 0 Å². The molecule has 0 aliphatic carbocycles. The molecule has 0 unspecified atom stereocenters. The Hall–Kier alpha value is -1.05. The van der Waals surface area contributed by atoms with E-state index in [-0.39, 0.29) is 5.56 Å². The fraction of sp³-hybridized carbons (Fsp3) is 0. The van der Waals surface area contributed by atoms with Crippen LogP contribution in [0.1, 0.15) is 5.56 Å². The average molecular weight is 107 g/mol. The summed E-state index contributed by atoms with van der Waals surface area (Å²) >= 11 is 0. The minimum absolute atomic E-state index is 0.126. The van der Waals surface area contributed by atoms with Crippen molar-refractivity contribution >= 4 is 0 Å². The zero-order valence-electron chi connectivity index (χ0n) is 4.22. The molecular formula is C6H5NO. The van der Waals surface area contributed by atoms with Gasteiger partial charge in [-0.15, -0.1) is 0 Å². The maximum absolute atomic E-state index is 10.3. The van der Waals surface area contributed by atoms with E-state index in [9.17, 15) is 4.79 Å². The van der Waals surface area contributed by atoms with Gasteiger partial charge in [-0.1, -0.05) is 6.07 Å². The van der Waals surface area contributed by atoms with Gasteiger partial charge in [0, 0.05) is 19.2 Å². The third kappa shape index (κ3) is 0.964. The molecule has 1 heterocycles. The largest absolute Gasteiger partial charge is 0.329 e. The highest BCUT2D eigenvalue weighted by molar-refractivity contribution is 5.10. The van der Waals surface area contributed by atoms with Crippen molar-refractivity contribution in [3.05, 3.63) is 41.2 Å². The zero-order chi connectivity index (χ0) is 5.98. The molecule has 1 aromatic heterocycles. The van der Waals surface area contributed by atoms with E-state index < -0.39 is 0 Å². The summed E-state index contributed by atoms with van der Waals surface area (Å²) in [5, 5.41) is 0. The lowest BCUT2D eigenvalue weighted by molar-refractivity contribution is 1.22. The van der Waals surface area contributed by atoms with E-state index in [0.717, 1.165) is 0 Å². The van der Waals surface area contributed by atoms with Crippen LogP contribution in [0.3, 0.4) is 0 Å². The summed E-state index contributed by atoms with van der Waals surface area (Å²) in [6.45, 7) is 5.26. The Morgan fingerprint density at radius 3 is 2.62 bits per heavy atom. The molecular weight excluding hydrogens is 102 g/mol. The topological polar surface area (TPSA) is 32.9 Å². The number of aromatic amines is 1. The molecule has 0 fully saturated rings. The van der Waals surface area contributed by atoms with Gasteiger partial charge in [-0.3, -0.25) is 4.79 Å². The van der Waals surface area contributed by atoms with Crippen LogP contribution in [0.5, 0.6) is 0 Å². The van der Waals surface area contributed by atoms with Crippen molar-refractivity contribution in [1.82, 2.24) is 4.98 Å². The second kappa shape index (κ2) is 1.82. The van der Waals surface area contributed by atoms with Gasteiger partial charge < -0.3 is 4.98 Å². The number of nitrogens with one attached hydrogen (secondary N) is 1. The van der Waals surface area contributed by atoms with E-state index in [1.807, 2.05) is 0 Å². The van der Waals surface area contributed by atoms with Crippen LogP contribution in [0.4, 0.5) is 0 Å². The molecule has 0 saturated carbocycles. The molecule has 8 heavy (non-hydrogen) atoms. The Balaban J connectivity index is 3.22. The quantitative estimate of drug-likeness (QED) is 0.512. The number of hydrogen-bond donors (Lipinski definition) is 1. The SMILES string of the molecule is [CH]c1ccc(=O)[nH]c1. The predicted molar refractivity (Wildman–Crippen MR) is 30.5 cm³/mol. The van der Waals surface area contributed by atoms with Gasteiger partial charge in [0.2, 0.25) is 5.56 Å². The van der Waals surface area contributed by atoms with Gasteiger partial charge >= 0.3 is 0 Å². The first-order valence-electron chi connectivity index (χ1n) is 2.23. The Labute approximate surface area is 47.2 Å². The summed E-state index contributed by atoms with van der Waals surface area (Å²) in [6.07, 6.45) is 1.46. The molecule has 0 amide bonds. The third-order valence-electron chi connectivity index (χ3n) is 0.808. The molecule has 1 N–H and O–H groups in total. The Bertz CT molecular complexity index is 206. The Kier molecular flexibility index (Phi) is 1.16. The molecule has 2 nitrogen and oxygen atoms in total. The van der Waals surface area contributed by atoms with Crippen LogP contribution in [0.15, 0.2) is 23.1 Å². The predicted octanol–water partition coefficient (Wildman–Crippen LogP) is 0.434. The van der Waals surface area contributed by atoms with Crippen LogP contribution in [-0.4, -0.2) is 4.98 Å².